The number of imidazole rings is 1. The van der Waals surface area contributed by atoms with Crippen molar-refractivity contribution >= 4 is 28.5 Å². The molecule has 0 aliphatic heterocycles. The molecule has 1 heterocycles. The van der Waals surface area contributed by atoms with Crippen molar-refractivity contribution in [1.82, 2.24) is 14.9 Å². The number of hydrogen-bond acceptors (Lipinski definition) is 3. The lowest BCUT2D eigenvalue weighted by Crippen LogP contribution is -2.26. The highest BCUT2D eigenvalue weighted by atomic mass is 35.5. The molecule has 35 heavy (non-hydrogen) atoms. The molecule has 0 atom stereocenters. The van der Waals surface area contributed by atoms with Gasteiger partial charge in [-0.15, -0.1) is 0 Å². The number of nitrogens with one attached hydrogen (secondary N) is 1. The Morgan fingerprint density at radius 1 is 1.00 bits per heavy atom. The highest BCUT2D eigenvalue weighted by molar-refractivity contribution is 6.32. The number of fused-ring (bicyclic) bond motifs is 1. The van der Waals surface area contributed by atoms with Crippen LogP contribution in [0.4, 0.5) is 0 Å². The van der Waals surface area contributed by atoms with Crippen molar-refractivity contribution in [3.63, 3.8) is 0 Å². The molecule has 3 aromatic carbocycles. The zero-order chi connectivity index (χ0) is 24.8. The van der Waals surface area contributed by atoms with E-state index in [1.807, 2.05) is 75.4 Å². The number of para-hydroxylation sites is 2. The van der Waals surface area contributed by atoms with Gasteiger partial charge >= 0.3 is 0 Å². The van der Waals surface area contributed by atoms with Crippen LogP contribution in [0.2, 0.25) is 5.02 Å². The lowest BCUT2D eigenvalue weighted by molar-refractivity contribution is 0.0954. The monoisotopic (exact) mass is 489 g/mol. The van der Waals surface area contributed by atoms with E-state index in [-0.39, 0.29) is 5.91 Å². The Morgan fingerprint density at radius 2 is 1.77 bits per heavy atom. The van der Waals surface area contributed by atoms with E-state index in [9.17, 15) is 4.79 Å². The molecule has 4 aromatic rings. The smallest absolute Gasteiger partial charge is 0.251 e. The molecular weight excluding hydrogens is 458 g/mol. The minimum Gasteiger partial charge on any atom is -0.494 e. The Kier molecular flexibility index (Phi) is 8.09. The molecule has 6 heteroatoms. The molecule has 0 fully saturated rings. The first kappa shape index (κ1) is 24.8. The number of unbranched alkanes of at least 4 members (excludes halogenated alkanes) is 1. The van der Waals surface area contributed by atoms with Gasteiger partial charge in [-0.1, -0.05) is 41.4 Å². The summed E-state index contributed by atoms with van der Waals surface area (Å²) in [6.45, 7) is 8.02. The van der Waals surface area contributed by atoms with Gasteiger partial charge in [0.1, 0.15) is 11.6 Å². The molecule has 1 amide bonds. The van der Waals surface area contributed by atoms with Crippen molar-refractivity contribution in [2.75, 3.05) is 13.2 Å². The van der Waals surface area contributed by atoms with Crippen molar-refractivity contribution in [3.8, 4) is 5.75 Å². The van der Waals surface area contributed by atoms with E-state index in [1.165, 1.54) is 0 Å². The maximum absolute atomic E-state index is 12.5. The Balaban J connectivity index is 1.33. The fourth-order valence-corrected chi connectivity index (χ4v) is 4.40. The number of benzene rings is 3. The van der Waals surface area contributed by atoms with Gasteiger partial charge in [-0.2, -0.15) is 0 Å². The summed E-state index contributed by atoms with van der Waals surface area (Å²) in [5, 5.41) is 3.83. The Morgan fingerprint density at radius 3 is 2.54 bits per heavy atom. The second-order valence-corrected chi connectivity index (χ2v) is 9.35. The number of nitrogens with zero attached hydrogens (tertiary/aromatic N) is 2. The minimum absolute atomic E-state index is 0.0545. The van der Waals surface area contributed by atoms with Gasteiger partial charge in [0.25, 0.3) is 5.91 Å². The number of aryl methyl sites for hydroxylation is 4. The van der Waals surface area contributed by atoms with E-state index in [4.69, 9.17) is 21.3 Å². The number of rotatable bonds is 10. The summed E-state index contributed by atoms with van der Waals surface area (Å²) < 4.78 is 8.24. The fourth-order valence-electron chi connectivity index (χ4n) is 4.29. The average molecular weight is 490 g/mol. The molecule has 0 saturated heterocycles. The molecule has 1 N–H and O–H groups in total. The SMILES string of the molecule is Cc1cccc(C(=O)NCCc2nc3ccccc3n2CCCCOc2cc(C)c(Cl)c(C)c2)c1. The average Bonchev–Trinajstić information content (AvgIpc) is 3.19. The van der Waals surface area contributed by atoms with Crippen LogP contribution in [0.15, 0.2) is 60.7 Å². The normalized spacial score (nSPS) is 11.1. The van der Waals surface area contributed by atoms with E-state index in [1.54, 1.807) is 0 Å². The van der Waals surface area contributed by atoms with Gasteiger partial charge in [0.15, 0.2) is 0 Å². The van der Waals surface area contributed by atoms with Crippen LogP contribution in [-0.2, 0) is 13.0 Å². The fraction of sp³-hybridized carbons (Fsp3) is 0.310. The summed E-state index contributed by atoms with van der Waals surface area (Å²) in [4.78, 5) is 17.3. The van der Waals surface area contributed by atoms with Crippen LogP contribution in [0.5, 0.6) is 5.75 Å². The quantitative estimate of drug-likeness (QED) is 0.260. The molecule has 0 unspecified atom stereocenters. The first-order valence-electron chi connectivity index (χ1n) is 12.1. The molecule has 0 radical (unpaired) electrons. The van der Waals surface area contributed by atoms with Crippen molar-refractivity contribution in [2.45, 2.75) is 46.6 Å². The topological polar surface area (TPSA) is 56.2 Å². The Labute approximate surface area is 212 Å². The predicted molar refractivity (Wildman–Crippen MR) is 143 cm³/mol. The van der Waals surface area contributed by atoms with Gasteiger partial charge in [-0.3, -0.25) is 4.79 Å². The molecule has 182 valence electrons. The van der Waals surface area contributed by atoms with Gasteiger partial charge in [0.2, 0.25) is 0 Å². The standard InChI is InChI=1S/C29H32ClN3O2/c1-20-9-8-10-23(17-20)29(34)31-14-13-27-32-25-11-4-5-12-26(25)33(27)15-6-7-16-35-24-18-21(2)28(30)22(3)19-24/h4-5,8-12,17-19H,6-7,13-16H2,1-3H3,(H,31,34). The number of hydrogen-bond donors (Lipinski definition) is 1. The molecule has 0 aliphatic rings. The van der Waals surface area contributed by atoms with Gasteiger partial charge < -0.3 is 14.6 Å². The van der Waals surface area contributed by atoms with Gasteiger partial charge in [-0.05, 0) is 81.1 Å². The van der Waals surface area contributed by atoms with Crippen molar-refractivity contribution in [3.05, 3.63) is 93.8 Å². The van der Waals surface area contributed by atoms with Crippen molar-refractivity contribution in [1.29, 1.82) is 0 Å². The summed E-state index contributed by atoms with van der Waals surface area (Å²) in [7, 11) is 0. The van der Waals surface area contributed by atoms with Crippen LogP contribution >= 0.6 is 11.6 Å². The second kappa shape index (κ2) is 11.4. The van der Waals surface area contributed by atoms with Crippen LogP contribution in [0.25, 0.3) is 11.0 Å². The van der Waals surface area contributed by atoms with E-state index in [0.717, 1.165) is 63.7 Å². The Bertz CT molecular complexity index is 1310. The molecule has 4 rings (SSSR count). The van der Waals surface area contributed by atoms with E-state index < -0.39 is 0 Å². The van der Waals surface area contributed by atoms with Crippen LogP contribution in [0, 0.1) is 20.8 Å². The van der Waals surface area contributed by atoms with Gasteiger partial charge in [0.05, 0.1) is 17.6 Å². The minimum atomic E-state index is -0.0545. The number of carbonyl (C=O) groups is 1. The largest absolute Gasteiger partial charge is 0.494 e. The van der Waals surface area contributed by atoms with Crippen LogP contribution in [-0.4, -0.2) is 28.6 Å². The third-order valence-corrected chi connectivity index (χ3v) is 6.70. The number of halogens is 1. The molecule has 0 aliphatic carbocycles. The summed E-state index contributed by atoms with van der Waals surface area (Å²) in [5.74, 6) is 1.80. The maximum Gasteiger partial charge on any atom is 0.251 e. The highest BCUT2D eigenvalue weighted by Gasteiger charge is 2.12. The van der Waals surface area contributed by atoms with Gasteiger partial charge in [0, 0.05) is 30.1 Å². The molecule has 0 saturated carbocycles. The first-order valence-corrected chi connectivity index (χ1v) is 12.5. The summed E-state index contributed by atoms with van der Waals surface area (Å²) >= 11 is 6.26. The molecule has 1 aromatic heterocycles. The molecule has 0 bridgehead atoms. The van der Waals surface area contributed by atoms with E-state index >= 15 is 0 Å². The van der Waals surface area contributed by atoms with Crippen molar-refractivity contribution < 1.29 is 9.53 Å². The molecule has 0 spiro atoms. The lowest BCUT2D eigenvalue weighted by Gasteiger charge is -2.12. The van der Waals surface area contributed by atoms with Crippen LogP contribution in [0.3, 0.4) is 0 Å². The van der Waals surface area contributed by atoms with Crippen molar-refractivity contribution in [2.24, 2.45) is 0 Å². The second-order valence-electron chi connectivity index (χ2n) is 8.97. The number of carbonyl (C=O) groups excluding carboxylic acids is 1. The number of ether oxygens (including phenoxy) is 1. The zero-order valence-electron chi connectivity index (χ0n) is 20.6. The first-order chi connectivity index (χ1) is 16.9. The maximum atomic E-state index is 12.5. The Hall–Kier alpha value is -3.31. The number of aromatic nitrogens is 2. The number of amides is 1. The summed E-state index contributed by atoms with van der Waals surface area (Å²) in [5.41, 5.74) is 5.93. The summed E-state index contributed by atoms with van der Waals surface area (Å²) in [6.07, 6.45) is 2.57. The third kappa shape index (κ3) is 6.23. The van der Waals surface area contributed by atoms with E-state index in [0.29, 0.717) is 25.1 Å². The zero-order valence-corrected chi connectivity index (χ0v) is 21.4. The van der Waals surface area contributed by atoms with E-state index in [2.05, 4.69) is 16.0 Å². The summed E-state index contributed by atoms with van der Waals surface area (Å²) in [6, 6.07) is 19.8. The molecule has 5 nitrogen and oxygen atoms in total. The highest BCUT2D eigenvalue weighted by Crippen LogP contribution is 2.26. The lowest BCUT2D eigenvalue weighted by atomic mass is 10.1. The third-order valence-electron chi connectivity index (χ3n) is 6.10. The predicted octanol–water partition coefficient (Wildman–Crippen LogP) is 6.45. The van der Waals surface area contributed by atoms with Crippen LogP contribution < -0.4 is 10.1 Å². The van der Waals surface area contributed by atoms with Gasteiger partial charge in [-0.25, -0.2) is 4.98 Å². The van der Waals surface area contributed by atoms with Crippen LogP contribution in [0.1, 0.15) is 45.7 Å². The molecular formula is C29H32ClN3O2.